The van der Waals surface area contributed by atoms with Gasteiger partial charge in [-0.2, -0.15) is 0 Å². The summed E-state index contributed by atoms with van der Waals surface area (Å²) >= 11 is 15.0. The first-order valence-corrected chi connectivity index (χ1v) is 12.5. The lowest BCUT2D eigenvalue weighted by Crippen LogP contribution is -2.57. The molecule has 2 bridgehead atoms. The van der Waals surface area contributed by atoms with Gasteiger partial charge in [0.1, 0.15) is 0 Å². The number of carbonyl (C=O) groups excluding carboxylic acids is 2. The summed E-state index contributed by atoms with van der Waals surface area (Å²) in [4.78, 5) is 30.5. The molecular formula is C25H21Cl2IN2O2. The quantitative estimate of drug-likeness (QED) is 0.275. The van der Waals surface area contributed by atoms with Crippen molar-refractivity contribution in [3.05, 3.63) is 62.7 Å². The second kappa shape index (κ2) is 8.26. The van der Waals surface area contributed by atoms with E-state index in [1.165, 1.54) is 0 Å². The van der Waals surface area contributed by atoms with Gasteiger partial charge in [0.25, 0.3) is 5.91 Å². The van der Waals surface area contributed by atoms with E-state index in [1.54, 1.807) is 0 Å². The van der Waals surface area contributed by atoms with Crippen molar-refractivity contribution in [2.75, 3.05) is 0 Å². The van der Waals surface area contributed by atoms with Crippen molar-refractivity contribution >= 4 is 67.8 Å². The van der Waals surface area contributed by atoms with Crippen molar-refractivity contribution in [2.45, 2.75) is 44.1 Å². The van der Waals surface area contributed by atoms with Crippen molar-refractivity contribution in [2.24, 2.45) is 5.41 Å². The zero-order chi connectivity index (χ0) is 22.5. The average Bonchev–Trinajstić information content (AvgIpc) is 2.80. The van der Waals surface area contributed by atoms with Crippen LogP contribution in [0.4, 0.5) is 0 Å². The minimum Gasteiger partial charge on any atom is -0.347 e. The Kier molecular flexibility index (Phi) is 5.71. The van der Waals surface area contributed by atoms with Gasteiger partial charge in [-0.3, -0.25) is 9.59 Å². The van der Waals surface area contributed by atoms with Crippen LogP contribution in [0.2, 0.25) is 5.02 Å². The molecule has 0 atom stereocenters. The fraction of sp³-hybridized carbons (Fsp3) is 0.320. The number of rotatable bonds is 4. The number of fused-ring (bicyclic) bond motifs is 4. The molecule has 32 heavy (non-hydrogen) atoms. The molecule has 1 heterocycles. The summed E-state index contributed by atoms with van der Waals surface area (Å²) in [7, 11) is 0. The highest BCUT2D eigenvalue weighted by atomic mass is 127. The molecule has 1 amide bonds. The largest absolute Gasteiger partial charge is 0.347 e. The number of carbonyl (C=O) groups is 2. The zero-order valence-electron chi connectivity index (χ0n) is 17.3. The van der Waals surface area contributed by atoms with Crippen LogP contribution in [-0.2, 0) is 4.79 Å². The van der Waals surface area contributed by atoms with E-state index in [0.29, 0.717) is 35.5 Å². The second-order valence-electron chi connectivity index (χ2n) is 8.97. The van der Waals surface area contributed by atoms with Gasteiger partial charge in [0, 0.05) is 25.5 Å². The Hall–Kier alpha value is -1.70. The third kappa shape index (κ3) is 3.72. The molecule has 0 saturated heterocycles. The van der Waals surface area contributed by atoms with Crippen LogP contribution in [0.25, 0.3) is 22.2 Å². The lowest BCUT2D eigenvalue weighted by molar-refractivity contribution is -0.127. The lowest BCUT2D eigenvalue weighted by atomic mass is 9.57. The summed E-state index contributed by atoms with van der Waals surface area (Å²) in [5.41, 5.74) is 1.92. The number of hydrogen-bond donors (Lipinski definition) is 1. The maximum absolute atomic E-state index is 13.7. The Morgan fingerprint density at radius 1 is 0.969 bits per heavy atom. The van der Waals surface area contributed by atoms with Crippen molar-refractivity contribution in [1.29, 1.82) is 0 Å². The smallest absolute Gasteiger partial charge is 0.253 e. The third-order valence-electron chi connectivity index (χ3n) is 7.20. The molecule has 0 aliphatic heterocycles. The summed E-state index contributed by atoms with van der Waals surface area (Å²) in [5.74, 6) is -0.187. The predicted octanol–water partition coefficient (Wildman–Crippen LogP) is 6.75. The van der Waals surface area contributed by atoms with E-state index >= 15 is 0 Å². The van der Waals surface area contributed by atoms with Gasteiger partial charge >= 0.3 is 0 Å². The number of nitrogens with zero attached hydrogens (tertiary/aromatic N) is 1. The number of hydrogen-bond acceptors (Lipinski definition) is 3. The first-order chi connectivity index (χ1) is 15.3. The summed E-state index contributed by atoms with van der Waals surface area (Å²) in [6.07, 6.45) is 4.40. The van der Waals surface area contributed by atoms with Gasteiger partial charge < -0.3 is 5.32 Å². The van der Waals surface area contributed by atoms with Gasteiger partial charge in [-0.15, -0.1) is 0 Å². The van der Waals surface area contributed by atoms with Crippen LogP contribution in [0, 0.1) is 8.99 Å². The van der Waals surface area contributed by atoms with E-state index in [-0.39, 0.29) is 16.7 Å². The van der Waals surface area contributed by atoms with Crippen LogP contribution in [0.5, 0.6) is 0 Å². The standard InChI is InChI=1S/C25H21Cl2IN2O2/c26-20-19(22(31)30-25-11-8-24(9-12-25,10-13-25)23(27)32)17-14-16(28)6-7-18(17)29-21(20)15-4-2-1-3-5-15/h1-7,14H,8-13H2,(H,30,31). The Morgan fingerprint density at radius 2 is 1.62 bits per heavy atom. The van der Waals surface area contributed by atoms with E-state index in [0.717, 1.165) is 39.3 Å². The van der Waals surface area contributed by atoms with Gasteiger partial charge in [-0.05, 0) is 90.9 Å². The van der Waals surface area contributed by atoms with Gasteiger partial charge in [-0.1, -0.05) is 41.9 Å². The van der Waals surface area contributed by atoms with Gasteiger partial charge in [-0.25, -0.2) is 4.98 Å². The predicted molar refractivity (Wildman–Crippen MR) is 136 cm³/mol. The topological polar surface area (TPSA) is 59.1 Å². The third-order valence-corrected chi connectivity index (χ3v) is 8.64. The van der Waals surface area contributed by atoms with E-state index in [1.807, 2.05) is 48.5 Å². The average molecular weight is 579 g/mol. The van der Waals surface area contributed by atoms with Crippen molar-refractivity contribution < 1.29 is 9.59 Å². The fourth-order valence-electron chi connectivity index (χ4n) is 5.19. The van der Waals surface area contributed by atoms with Crippen molar-refractivity contribution in [1.82, 2.24) is 10.3 Å². The molecule has 1 N–H and O–H groups in total. The van der Waals surface area contributed by atoms with Crippen molar-refractivity contribution in [3.63, 3.8) is 0 Å². The van der Waals surface area contributed by atoms with E-state index in [9.17, 15) is 9.59 Å². The van der Waals surface area contributed by atoms with E-state index in [4.69, 9.17) is 28.2 Å². The number of benzene rings is 2. The van der Waals surface area contributed by atoms with Crippen LogP contribution in [0.1, 0.15) is 48.9 Å². The number of pyridine rings is 1. The second-order valence-corrected chi connectivity index (χ2v) is 10.9. The Balaban J connectivity index is 1.56. The first-order valence-electron chi connectivity index (χ1n) is 10.7. The number of halogens is 3. The molecule has 3 fully saturated rings. The van der Waals surface area contributed by atoms with Crippen LogP contribution in [0.3, 0.4) is 0 Å². The maximum atomic E-state index is 13.7. The molecule has 2 aromatic carbocycles. The van der Waals surface area contributed by atoms with E-state index < -0.39 is 5.41 Å². The number of nitrogens with one attached hydrogen (secondary N) is 1. The Bertz CT molecular complexity index is 1220. The molecule has 6 rings (SSSR count). The maximum Gasteiger partial charge on any atom is 0.253 e. The minimum atomic E-state index is -0.411. The minimum absolute atomic E-state index is 0.187. The number of aromatic nitrogens is 1. The fourth-order valence-corrected chi connectivity index (χ4v) is 6.31. The normalized spacial score (nSPS) is 24.5. The molecule has 0 radical (unpaired) electrons. The van der Waals surface area contributed by atoms with Crippen molar-refractivity contribution in [3.8, 4) is 11.3 Å². The molecule has 1 aromatic heterocycles. The molecule has 3 aliphatic rings. The lowest BCUT2D eigenvalue weighted by Gasteiger charge is -2.52. The number of amides is 1. The summed E-state index contributed by atoms with van der Waals surface area (Å²) in [6.45, 7) is 0. The van der Waals surface area contributed by atoms with Gasteiger partial charge in [0.2, 0.25) is 5.24 Å². The first kappa shape index (κ1) is 22.1. The van der Waals surface area contributed by atoms with Crippen LogP contribution >= 0.6 is 45.8 Å². The molecule has 4 nitrogen and oxygen atoms in total. The summed E-state index contributed by atoms with van der Waals surface area (Å²) < 4.78 is 1.01. The van der Waals surface area contributed by atoms with Crippen LogP contribution < -0.4 is 5.32 Å². The molecule has 7 heteroatoms. The van der Waals surface area contributed by atoms with Crippen LogP contribution in [-0.4, -0.2) is 21.7 Å². The molecule has 3 saturated carbocycles. The Morgan fingerprint density at radius 3 is 2.25 bits per heavy atom. The molecule has 164 valence electrons. The zero-order valence-corrected chi connectivity index (χ0v) is 20.9. The van der Waals surface area contributed by atoms with Crippen LogP contribution in [0.15, 0.2) is 48.5 Å². The molecular weight excluding hydrogens is 558 g/mol. The monoisotopic (exact) mass is 578 g/mol. The van der Waals surface area contributed by atoms with E-state index in [2.05, 4.69) is 27.9 Å². The summed E-state index contributed by atoms with van der Waals surface area (Å²) in [6, 6.07) is 15.5. The Labute approximate surface area is 210 Å². The van der Waals surface area contributed by atoms with Gasteiger partial charge in [0.15, 0.2) is 0 Å². The SMILES string of the molecule is O=C(NC12CCC(C(=O)Cl)(CC1)CC2)c1c(Cl)c(-c2ccccc2)nc2ccc(I)cc12. The highest BCUT2D eigenvalue weighted by molar-refractivity contribution is 14.1. The summed E-state index contributed by atoms with van der Waals surface area (Å²) in [5, 5.41) is 4.18. The molecule has 0 spiro atoms. The molecule has 3 aromatic rings. The molecule has 0 unspecified atom stereocenters. The van der Waals surface area contributed by atoms with Gasteiger partial charge in [0.05, 0.1) is 21.8 Å². The molecule has 3 aliphatic carbocycles. The highest BCUT2D eigenvalue weighted by Gasteiger charge is 2.52. The highest BCUT2D eigenvalue weighted by Crippen LogP contribution is 2.53.